The molecule has 0 aliphatic rings. The van der Waals surface area contributed by atoms with E-state index in [4.69, 9.17) is 4.84 Å². The lowest BCUT2D eigenvalue weighted by atomic mass is 10.2. The lowest BCUT2D eigenvalue weighted by Gasteiger charge is -2.04. The summed E-state index contributed by atoms with van der Waals surface area (Å²) in [7, 11) is 0. The first-order valence-electron chi connectivity index (χ1n) is 3.12. The van der Waals surface area contributed by atoms with Crippen molar-refractivity contribution in [2.24, 2.45) is 5.92 Å². The second kappa shape index (κ2) is 5.06. The normalized spacial score (nSPS) is 10.5. The van der Waals surface area contributed by atoms with Gasteiger partial charge in [0.25, 0.3) is 0 Å². The van der Waals surface area contributed by atoms with Crippen LogP contribution in [0.3, 0.4) is 0 Å². The minimum Gasteiger partial charge on any atom is -0.302 e. The van der Waals surface area contributed by atoms with E-state index >= 15 is 0 Å². The minimum absolute atomic E-state index is 0.619. The van der Waals surface area contributed by atoms with Gasteiger partial charge < -0.3 is 4.84 Å². The topological polar surface area (TPSA) is 21.3 Å². The van der Waals surface area contributed by atoms with E-state index in [1.54, 1.807) is 0 Å². The van der Waals surface area contributed by atoms with Crippen LogP contribution in [0.5, 0.6) is 0 Å². The Morgan fingerprint density at radius 1 is 1.50 bits per heavy atom. The van der Waals surface area contributed by atoms with E-state index in [1.807, 2.05) is 6.92 Å². The Balaban J connectivity index is 2.72. The molecule has 0 radical (unpaired) electrons. The van der Waals surface area contributed by atoms with E-state index in [0.29, 0.717) is 5.92 Å². The third-order valence-electron chi connectivity index (χ3n) is 0.663. The van der Waals surface area contributed by atoms with E-state index in [0.717, 1.165) is 13.2 Å². The summed E-state index contributed by atoms with van der Waals surface area (Å²) in [5.41, 5.74) is 2.78. The summed E-state index contributed by atoms with van der Waals surface area (Å²) in [6.07, 6.45) is 0. The van der Waals surface area contributed by atoms with Crippen LogP contribution in [0.1, 0.15) is 20.8 Å². The third kappa shape index (κ3) is 5.92. The monoisotopic (exact) mass is 117 g/mol. The van der Waals surface area contributed by atoms with Crippen molar-refractivity contribution in [3.05, 3.63) is 0 Å². The molecule has 0 saturated carbocycles. The van der Waals surface area contributed by atoms with Crippen molar-refractivity contribution in [2.75, 3.05) is 13.2 Å². The zero-order chi connectivity index (χ0) is 6.41. The van der Waals surface area contributed by atoms with Gasteiger partial charge in [-0.3, -0.25) is 0 Å². The van der Waals surface area contributed by atoms with Crippen molar-refractivity contribution < 1.29 is 4.84 Å². The molecule has 0 heterocycles. The maximum atomic E-state index is 4.99. The van der Waals surface area contributed by atoms with Crippen LogP contribution in [-0.4, -0.2) is 13.2 Å². The molecule has 0 aromatic rings. The van der Waals surface area contributed by atoms with Crippen LogP contribution in [0.15, 0.2) is 0 Å². The number of hydroxylamine groups is 1. The molecule has 0 saturated heterocycles. The molecule has 0 atom stereocenters. The standard InChI is InChI=1S/C6H15NO/c1-4-7-8-5-6(2)3/h6-7H,4-5H2,1-3H3. The zero-order valence-corrected chi connectivity index (χ0v) is 5.90. The third-order valence-corrected chi connectivity index (χ3v) is 0.663. The summed E-state index contributed by atoms with van der Waals surface area (Å²) in [5.74, 6) is 0.619. The SMILES string of the molecule is CCNOCC(C)C. The molecule has 0 amide bonds. The van der Waals surface area contributed by atoms with Gasteiger partial charge in [0.1, 0.15) is 0 Å². The van der Waals surface area contributed by atoms with Crippen LogP contribution in [0.25, 0.3) is 0 Å². The second-order valence-corrected chi connectivity index (χ2v) is 2.20. The Hall–Kier alpha value is -0.0800. The van der Waals surface area contributed by atoms with Crippen LogP contribution < -0.4 is 5.48 Å². The second-order valence-electron chi connectivity index (χ2n) is 2.20. The molecular formula is C6H15NO. The van der Waals surface area contributed by atoms with Gasteiger partial charge in [-0.05, 0) is 5.92 Å². The van der Waals surface area contributed by atoms with Crippen LogP contribution in [0.2, 0.25) is 0 Å². The van der Waals surface area contributed by atoms with Gasteiger partial charge in [0, 0.05) is 6.54 Å². The molecular weight excluding hydrogens is 102 g/mol. The molecule has 0 aromatic heterocycles. The van der Waals surface area contributed by atoms with Gasteiger partial charge in [0.15, 0.2) is 0 Å². The van der Waals surface area contributed by atoms with Crippen molar-refractivity contribution in [1.29, 1.82) is 0 Å². The van der Waals surface area contributed by atoms with Gasteiger partial charge >= 0.3 is 0 Å². The molecule has 0 aliphatic carbocycles. The van der Waals surface area contributed by atoms with Gasteiger partial charge in [-0.1, -0.05) is 20.8 Å². The summed E-state index contributed by atoms with van der Waals surface area (Å²) in [6.45, 7) is 7.94. The van der Waals surface area contributed by atoms with E-state index in [1.165, 1.54) is 0 Å². The summed E-state index contributed by atoms with van der Waals surface area (Å²) in [6, 6.07) is 0. The Morgan fingerprint density at radius 3 is 2.50 bits per heavy atom. The molecule has 0 unspecified atom stereocenters. The van der Waals surface area contributed by atoms with E-state index in [2.05, 4.69) is 19.3 Å². The van der Waals surface area contributed by atoms with Crippen LogP contribution in [-0.2, 0) is 4.84 Å². The molecule has 0 spiro atoms. The van der Waals surface area contributed by atoms with Gasteiger partial charge in [0.05, 0.1) is 6.61 Å². The molecule has 2 nitrogen and oxygen atoms in total. The number of hydrogen-bond acceptors (Lipinski definition) is 2. The first-order chi connectivity index (χ1) is 3.77. The average molecular weight is 117 g/mol. The van der Waals surface area contributed by atoms with Gasteiger partial charge in [-0.25, -0.2) is 5.48 Å². The fraction of sp³-hybridized carbons (Fsp3) is 1.00. The van der Waals surface area contributed by atoms with E-state index in [9.17, 15) is 0 Å². The summed E-state index contributed by atoms with van der Waals surface area (Å²) < 4.78 is 0. The van der Waals surface area contributed by atoms with Crippen molar-refractivity contribution in [2.45, 2.75) is 20.8 Å². The van der Waals surface area contributed by atoms with E-state index < -0.39 is 0 Å². The van der Waals surface area contributed by atoms with Gasteiger partial charge in [-0.2, -0.15) is 0 Å². The largest absolute Gasteiger partial charge is 0.302 e. The Labute approximate surface area is 51.2 Å². The molecule has 0 rings (SSSR count). The smallest absolute Gasteiger partial charge is 0.0705 e. The summed E-state index contributed by atoms with van der Waals surface area (Å²) >= 11 is 0. The van der Waals surface area contributed by atoms with Crippen LogP contribution >= 0.6 is 0 Å². The highest BCUT2D eigenvalue weighted by molar-refractivity contribution is 4.36. The predicted octanol–water partition coefficient (Wildman–Crippen LogP) is 1.18. The van der Waals surface area contributed by atoms with Gasteiger partial charge in [0.2, 0.25) is 0 Å². The molecule has 0 aliphatic heterocycles. The lowest BCUT2D eigenvalue weighted by Crippen LogP contribution is -2.16. The first kappa shape index (κ1) is 7.92. The summed E-state index contributed by atoms with van der Waals surface area (Å²) in [4.78, 5) is 4.99. The average Bonchev–Trinajstić information content (AvgIpc) is 1.66. The predicted molar refractivity (Wildman–Crippen MR) is 34.5 cm³/mol. The molecule has 0 bridgehead atoms. The van der Waals surface area contributed by atoms with Crippen LogP contribution in [0.4, 0.5) is 0 Å². The molecule has 50 valence electrons. The molecule has 0 fully saturated rings. The minimum atomic E-state index is 0.619. The Bertz CT molecular complexity index is 45.8. The maximum absolute atomic E-state index is 4.99. The fourth-order valence-electron chi connectivity index (χ4n) is 0.328. The van der Waals surface area contributed by atoms with Crippen molar-refractivity contribution in [3.63, 3.8) is 0 Å². The highest BCUT2D eigenvalue weighted by Gasteiger charge is 1.89. The molecule has 0 aromatic carbocycles. The van der Waals surface area contributed by atoms with E-state index in [-0.39, 0.29) is 0 Å². The maximum Gasteiger partial charge on any atom is 0.0705 e. The Kier molecular flexibility index (Phi) is 5.01. The number of hydrogen-bond donors (Lipinski definition) is 1. The molecule has 2 heteroatoms. The number of rotatable bonds is 4. The van der Waals surface area contributed by atoms with Crippen molar-refractivity contribution in [3.8, 4) is 0 Å². The quantitative estimate of drug-likeness (QED) is 0.441. The highest BCUT2D eigenvalue weighted by Crippen LogP contribution is 1.88. The number of nitrogens with one attached hydrogen (secondary N) is 1. The van der Waals surface area contributed by atoms with Crippen molar-refractivity contribution >= 4 is 0 Å². The van der Waals surface area contributed by atoms with Crippen LogP contribution in [0, 0.1) is 5.92 Å². The first-order valence-corrected chi connectivity index (χ1v) is 3.12. The summed E-state index contributed by atoms with van der Waals surface area (Å²) in [5, 5.41) is 0. The Morgan fingerprint density at radius 2 is 2.12 bits per heavy atom. The molecule has 8 heavy (non-hydrogen) atoms. The highest BCUT2D eigenvalue weighted by atomic mass is 16.6. The van der Waals surface area contributed by atoms with Crippen molar-refractivity contribution in [1.82, 2.24) is 5.48 Å². The molecule has 1 N–H and O–H groups in total. The fourth-order valence-corrected chi connectivity index (χ4v) is 0.328. The zero-order valence-electron chi connectivity index (χ0n) is 5.90. The lowest BCUT2D eigenvalue weighted by molar-refractivity contribution is 0.0270. The van der Waals surface area contributed by atoms with Gasteiger partial charge in [-0.15, -0.1) is 0 Å².